The summed E-state index contributed by atoms with van der Waals surface area (Å²) >= 11 is 3.49. The van der Waals surface area contributed by atoms with E-state index in [2.05, 4.69) is 38.4 Å². The molecule has 0 atom stereocenters. The van der Waals surface area contributed by atoms with Gasteiger partial charge in [-0.3, -0.25) is 4.98 Å². The molecule has 0 fully saturated rings. The van der Waals surface area contributed by atoms with Crippen LogP contribution in [0.25, 0.3) is 10.8 Å². The van der Waals surface area contributed by atoms with Crippen molar-refractivity contribution in [3.63, 3.8) is 0 Å². The number of rotatable bonds is 3. The number of fused-ring (bicyclic) bond motifs is 1. The molecule has 4 heteroatoms. The summed E-state index contributed by atoms with van der Waals surface area (Å²) in [5, 5.41) is 5.53. The predicted molar refractivity (Wildman–Crippen MR) is 87.6 cm³/mol. The fourth-order valence-electron chi connectivity index (χ4n) is 2.21. The minimum absolute atomic E-state index is 0.751. The first kappa shape index (κ1) is 12.9. The molecule has 1 heterocycles. The van der Waals surface area contributed by atoms with Crippen LogP contribution in [-0.2, 0) is 6.54 Å². The Hall–Kier alpha value is -2.07. The quantitative estimate of drug-likeness (QED) is 0.709. The van der Waals surface area contributed by atoms with Crippen LogP contribution in [-0.4, -0.2) is 4.98 Å². The molecule has 0 aliphatic heterocycles. The lowest BCUT2D eigenvalue weighted by molar-refractivity contribution is 1.15. The van der Waals surface area contributed by atoms with Crippen molar-refractivity contribution >= 4 is 38.1 Å². The Morgan fingerprint density at radius 2 is 2.00 bits per heavy atom. The van der Waals surface area contributed by atoms with Gasteiger partial charge in [0.15, 0.2) is 0 Å². The molecule has 3 N–H and O–H groups in total. The maximum absolute atomic E-state index is 5.98. The van der Waals surface area contributed by atoms with Crippen molar-refractivity contribution in [3.05, 3.63) is 64.9 Å². The van der Waals surface area contributed by atoms with Gasteiger partial charge >= 0.3 is 0 Å². The average Bonchev–Trinajstić information content (AvgIpc) is 2.47. The second-order valence-electron chi connectivity index (χ2n) is 4.61. The molecule has 0 saturated heterocycles. The lowest BCUT2D eigenvalue weighted by Crippen LogP contribution is -2.01. The minimum Gasteiger partial charge on any atom is -0.398 e. The van der Waals surface area contributed by atoms with Crippen LogP contribution in [0.3, 0.4) is 0 Å². The third kappa shape index (κ3) is 2.60. The fourth-order valence-corrected chi connectivity index (χ4v) is 2.66. The van der Waals surface area contributed by atoms with E-state index in [0.29, 0.717) is 0 Å². The van der Waals surface area contributed by atoms with E-state index in [4.69, 9.17) is 5.73 Å². The standard InChI is InChI=1S/C16H14BrN3/c17-12-3-1-2-11(8-12)9-20-16-5-4-15(18)14-10-19-7-6-13(14)16/h1-8,10,20H,9,18H2. The molecule has 0 radical (unpaired) electrons. The van der Waals surface area contributed by atoms with E-state index in [1.54, 1.807) is 12.4 Å². The summed E-state index contributed by atoms with van der Waals surface area (Å²) in [4.78, 5) is 4.13. The van der Waals surface area contributed by atoms with Crippen molar-refractivity contribution < 1.29 is 0 Å². The van der Waals surface area contributed by atoms with E-state index in [0.717, 1.165) is 33.2 Å². The summed E-state index contributed by atoms with van der Waals surface area (Å²) in [6.45, 7) is 0.765. The van der Waals surface area contributed by atoms with Crippen molar-refractivity contribution in [2.24, 2.45) is 0 Å². The molecule has 0 bridgehead atoms. The second kappa shape index (κ2) is 5.51. The zero-order valence-electron chi connectivity index (χ0n) is 10.8. The van der Waals surface area contributed by atoms with Crippen molar-refractivity contribution in [3.8, 4) is 0 Å². The maximum Gasteiger partial charge on any atom is 0.0425 e. The zero-order valence-corrected chi connectivity index (χ0v) is 12.4. The fraction of sp³-hybridized carbons (Fsp3) is 0.0625. The number of hydrogen-bond acceptors (Lipinski definition) is 3. The van der Waals surface area contributed by atoms with Crippen LogP contribution >= 0.6 is 15.9 Å². The Morgan fingerprint density at radius 3 is 2.85 bits per heavy atom. The van der Waals surface area contributed by atoms with Crippen molar-refractivity contribution in [1.29, 1.82) is 0 Å². The van der Waals surface area contributed by atoms with E-state index in [9.17, 15) is 0 Å². The van der Waals surface area contributed by atoms with Gasteiger partial charge in [0.05, 0.1) is 0 Å². The first-order valence-electron chi connectivity index (χ1n) is 6.34. The predicted octanol–water partition coefficient (Wildman–Crippen LogP) is 4.19. The number of aromatic nitrogens is 1. The molecule has 20 heavy (non-hydrogen) atoms. The van der Waals surface area contributed by atoms with Crippen LogP contribution in [0.4, 0.5) is 11.4 Å². The first-order valence-corrected chi connectivity index (χ1v) is 7.14. The number of anilines is 2. The molecule has 3 aromatic rings. The molecule has 0 aliphatic carbocycles. The number of hydrogen-bond donors (Lipinski definition) is 2. The topological polar surface area (TPSA) is 50.9 Å². The molecule has 0 spiro atoms. The van der Waals surface area contributed by atoms with E-state index in [1.165, 1.54) is 5.56 Å². The van der Waals surface area contributed by atoms with Gasteiger partial charge in [-0.15, -0.1) is 0 Å². The highest BCUT2D eigenvalue weighted by Crippen LogP contribution is 2.27. The number of pyridine rings is 1. The smallest absolute Gasteiger partial charge is 0.0425 e. The van der Waals surface area contributed by atoms with Crippen LogP contribution < -0.4 is 11.1 Å². The summed E-state index contributed by atoms with van der Waals surface area (Å²) in [6, 6.07) is 14.2. The number of benzene rings is 2. The van der Waals surface area contributed by atoms with Gasteiger partial charge in [-0.25, -0.2) is 0 Å². The number of halogens is 1. The molecule has 3 nitrogen and oxygen atoms in total. The third-order valence-corrected chi connectivity index (χ3v) is 3.72. The van der Waals surface area contributed by atoms with Gasteiger partial charge in [-0.1, -0.05) is 28.1 Å². The summed E-state index contributed by atoms with van der Waals surface area (Å²) in [7, 11) is 0. The number of nitrogen functional groups attached to an aromatic ring is 1. The van der Waals surface area contributed by atoms with E-state index in [-0.39, 0.29) is 0 Å². The summed E-state index contributed by atoms with van der Waals surface area (Å²) in [5.41, 5.74) is 9.02. The number of nitrogens with one attached hydrogen (secondary N) is 1. The molecular formula is C16H14BrN3. The van der Waals surface area contributed by atoms with Gasteiger partial charge in [0.1, 0.15) is 0 Å². The van der Waals surface area contributed by atoms with E-state index < -0.39 is 0 Å². The number of nitrogens with zero attached hydrogens (tertiary/aromatic N) is 1. The Kier molecular flexibility index (Phi) is 3.56. The molecule has 0 saturated carbocycles. The summed E-state index contributed by atoms with van der Waals surface area (Å²) in [5.74, 6) is 0. The molecule has 3 rings (SSSR count). The maximum atomic E-state index is 5.98. The van der Waals surface area contributed by atoms with Gasteiger partial charge in [0, 0.05) is 45.6 Å². The van der Waals surface area contributed by atoms with Crippen LogP contribution in [0.5, 0.6) is 0 Å². The van der Waals surface area contributed by atoms with Crippen LogP contribution in [0, 0.1) is 0 Å². The van der Waals surface area contributed by atoms with Crippen molar-refractivity contribution in [2.45, 2.75) is 6.54 Å². The SMILES string of the molecule is Nc1ccc(NCc2cccc(Br)c2)c2ccncc12. The lowest BCUT2D eigenvalue weighted by Gasteiger charge is -2.11. The highest BCUT2D eigenvalue weighted by Gasteiger charge is 2.04. The Bertz CT molecular complexity index is 756. The molecule has 0 amide bonds. The first-order chi connectivity index (χ1) is 9.74. The summed E-state index contributed by atoms with van der Waals surface area (Å²) in [6.07, 6.45) is 3.58. The van der Waals surface area contributed by atoms with Crippen molar-refractivity contribution in [1.82, 2.24) is 4.98 Å². The second-order valence-corrected chi connectivity index (χ2v) is 5.52. The Balaban J connectivity index is 1.90. The van der Waals surface area contributed by atoms with Crippen molar-refractivity contribution in [2.75, 3.05) is 11.1 Å². The largest absolute Gasteiger partial charge is 0.398 e. The Labute approximate surface area is 126 Å². The zero-order chi connectivity index (χ0) is 13.9. The van der Waals surface area contributed by atoms with Gasteiger partial charge in [-0.2, -0.15) is 0 Å². The van der Waals surface area contributed by atoms with Gasteiger partial charge in [-0.05, 0) is 35.9 Å². The molecule has 0 unspecified atom stereocenters. The van der Waals surface area contributed by atoms with Gasteiger partial charge in [0.25, 0.3) is 0 Å². The molecule has 2 aromatic carbocycles. The van der Waals surface area contributed by atoms with E-state index in [1.807, 2.05) is 30.3 Å². The minimum atomic E-state index is 0.751. The number of nitrogens with two attached hydrogens (primary N) is 1. The average molecular weight is 328 g/mol. The molecule has 1 aromatic heterocycles. The van der Waals surface area contributed by atoms with E-state index >= 15 is 0 Å². The lowest BCUT2D eigenvalue weighted by atomic mass is 10.1. The van der Waals surface area contributed by atoms with Gasteiger partial charge in [0.2, 0.25) is 0 Å². The molecule has 0 aliphatic rings. The highest BCUT2D eigenvalue weighted by molar-refractivity contribution is 9.10. The summed E-state index contributed by atoms with van der Waals surface area (Å²) < 4.78 is 1.09. The monoisotopic (exact) mass is 327 g/mol. The Morgan fingerprint density at radius 1 is 1.10 bits per heavy atom. The van der Waals surface area contributed by atoms with Crippen LogP contribution in [0.1, 0.15) is 5.56 Å². The van der Waals surface area contributed by atoms with Crippen LogP contribution in [0.15, 0.2) is 59.3 Å². The highest BCUT2D eigenvalue weighted by atomic mass is 79.9. The molecular weight excluding hydrogens is 314 g/mol. The third-order valence-electron chi connectivity index (χ3n) is 3.22. The van der Waals surface area contributed by atoms with Gasteiger partial charge < -0.3 is 11.1 Å². The molecule has 100 valence electrons. The van der Waals surface area contributed by atoms with Crippen LogP contribution in [0.2, 0.25) is 0 Å². The normalized spacial score (nSPS) is 10.7.